The Balaban J connectivity index is 2.11. The van der Waals surface area contributed by atoms with Crippen LogP contribution in [0.3, 0.4) is 0 Å². The molecule has 0 saturated heterocycles. The average molecular weight is 320 g/mol. The van der Waals surface area contributed by atoms with Gasteiger partial charge in [-0.15, -0.1) is 0 Å². The Morgan fingerprint density at radius 1 is 1.09 bits per heavy atom. The standard InChI is InChI=1S/C16H20N2O3S/c1-3-12(2)21-15-8-6-14(7-9-15)18-22(19,20)16-10-4-13(17)5-11-16/h4-12,18H,3,17H2,1-2H3/t12-/m0/s1. The summed E-state index contributed by atoms with van der Waals surface area (Å²) >= 11 is 0. The van der Waals surface area contributed by atoms with E-state index < -0.39 is 10.0 Å². The van der Waals surface area contributed by atoms with E-state index in [-0.39, 0.29) is 11.0 Å². The van der Waals surface area contributed by atoms with Crippen LogP contribution in [0.25, 0.3) is 0 Å². The maximum atomic E-state index is 12.2. The molecule has 5 nitrogen and oxygen atoms in total. The second-order valence-electron chi connectivity index (χ2n) is 5.04. The van der Waals surface area contributed by atoms with E-state index in [0.717, 1.165) is 6.42 Å². The zero-order valence-electron chi connectivity index (χ0n) is 12.6. The number of hydrogen-bond donors (Lipinski definition) is 2. The van der Waals surface area contributed by atoms with Gasteiger partial charge in [-0.3, -0.25) is 4.72 Å². The molecule has 22 heavy (non-hydrogen) atoms. The minimum absolute atomic E-state index is 0.123. The predicted molar refractivity (Wildman–Crippen MR) is 88.5 cm³/mol. The largest absolute Gasteiger partial charge is 0.491 e. The van der Waals surface area contributed by atoms with Crippen LogP contribution in [-0.2, 0) is 10.0 Å². The Bertz CT molecular complexity index is 710. The molecule has 0 aromatic heterocycles. The molecule has 0 aliphatic rings. The van der Waals surface area contributed by atoms with Crippen LogP contribution >= 0.6 is 0 Å². The van der Waals surface area contributed by atoms with Gasteiger partial charge in [0.1, 0.15) is 5.75 Å². The second kappa shape index (κ2) is 6.70. The van der Waals surface area contributed by atoms with E-state index in [9.17, 15) is 8.42 Å². The molecule has 2 rings (SSSR count). The van der Waals surface area contributed by atoms with Crippen molar-refractivity contribution in [1.82, 2.24) is 0 Å². The third-order valence-corrected chi connectivity index (χ3v) is 4.61. The normalized spacial score (nSPS) is 12.6. The summed E-state index contributed by atoms with van der Waals surface area (Å²) in [6.07, 6.45) is 1.03. The summed E-state index contributed by atoms with van der Waals surface area (Å²) in [5.41, 5.74) is 6.56. The number of sulfonamides is 1. The Kier molecular flexibility index (Phi) is 4.92. The maximum Gasteiger partial charge on any atom is 0.261 e. The van der Waals surface area contributed by atoms with Crippen molar-refractivity contribution in [2.24, 2.45) is 0 Å². The van der Waals surface area contributed by atoms with E-state index >= 15 is 0 Å². The van der Waals surface area contributed by atoms with Gasteiger partial charge in [0.15, 0.2) is 0 Å². The van der Waals surface area contributed by atoms with Gasteiger partial charge >= 0.3 is 0 Å². The number of nitrogen functional groups attached to an aromatic ring is 1. The predicted octanol–water partition coefficient (Wildman–Crippen LogP) is 3.25. The van der Waals surface area contributed by atoms with Crippen molar-refractivity contribution in [3.8, 4) is 5.75 Å². The molecule has 1 atom stereocenters. The first-order valence-electron chi connectivity index (χ1n) is 7.06. The minimum Gasteiger partial charge on any atom is -0.491 e. The molecular weight excluding hydrogens is 300 g/mol. The summed E-state index contributed by atoms with van der Waals surface area (Å²) in [5, 5.41) is 0. The van der Waals surface area contributed by atoms with Crippen molar-refractivity contribution in [1.29, 1.82) is 0 Å². The molecule has 0 aliphatic carbocycles. The van der Waals surface area contributed by atoms with Crippen molar-refractivity contribution in [3.05, 3.63) is 48.5 Å². The van der Waals surface area contributed by atoms with Crippen molar-refractivity contribution in [2.45, 2.75) is 31.3 Å². The second-order valence-corrected chi connectivity index (χ2v) is 6.72. The smallest absolute Gasteiger partial charge is 0.261 e. The lowest BCUT2D eigenvalue weighted by atomic mass is 10.3. The van der Waals surface area contributed by atoms with Gasteiger partial charge in [-0.05, 0) is 61.9 Å². The lowest BCUT2D eigenvalue weighted by Crippen LogP contribution is -2.13. The molecule has 0 bridgehead atoms. The fraction of sp³-hybridized carbons (Fsp3) is 0.250. The van der Waals surface area contributed by atoms with Crippen LogP contribution in [0, 0.1) is 0 Å². The topological polar surface area (TPSA) is 81.4 Å². The average Bonchev–Trinajstić information content (AvgIpc) is 2.49. The first-order chi connectivity index (χ1) is 10.4. The molecular formula is C16H20N2O3S. The summed E-state index contributed by atoms with van der Waals surface area (Å²) in [6.45, 7) is 4.03. The lowest BCUT2D eigenvalue weighted by molar-refractivity contribution is 0.217. The molecule has 0 heterocycles. The number of hydrogen-bond acceptors (Lipinski definition) is 4. The van der Waals surface area contributed by atoms with Crippen molar-refractivity contribution >= 4 is 21.4 Å². The molecule has 0 radical (unpaired) electrons. The third kappa shape index (κ3) is 4.14. The van der Waals surface area contributed by atoms with Crippen LogP contribution in [0.15, 0.2) is 53.4 Å². The molecule has 0 fully saturated rings. The number of rotatable bonds is 6. The molecule has 0 unspecified atom stereocenters. The number of nitrogens with one attached hydrogen (secondary N) is 1. The molecule has 3 N–H and O–H groups in total. The molecule has 0 aliphatic heterocycles. The van der Waals surface area contributed by atoms with E-state index in [1.807, 2.05) is 13.8 Å². The third-order valence-electron chi connectivity index (χ3n) is 3.21. The number of ether oxygens (including phenoxy) is 1. The summed E-state index contributed by atoms with van der Waals surface area (Å²) < 4.78 is 32.7. The molecule has 0 saturated carbocycles. The quantitative estimate of drug-likeness (QED) is 0.801. The first-order valence-corrected chi connectivity index (χ1v) is 8.54. The van der Waals surface area contributed by atoms with Gasteiger partial charge in [0.25, 0.3) is 10.0 Å². The van der Waals surface area contributed by atoms with E-state index in [1.54, 1.807) is 36.4 Å². The number of benzene rings is 2. The molecule has 118 valence electrons. The van der Waals surface area contributed by atoms with Crippen molar-refractivity contribution in [2.75, 3.05) is 10.5 Å². The molecule has 0 amide bonds. The summed E-state index contributed by atoms with van der Waals surface area (Å²) in [7, 11) is -3.62. The van der Waals surface area contributed by atoms with Crippen molar-refractivity contribution < 1.29 is 13.2 Å². The number of anilines is 2. The van der Waals surface area contributed by atoms with Crippen molar-refractivity contribution in [3.63, 3.8) is 0 Å². The highest BCUT2D eigenvalue weighted by molar-refractivity contribution is 7.92. The van der Waals surface area contributed by atoms with Gasteiger partial charge in [0.2, 0.25) is 0 Å². The minimum atomic E-state index is -3.62. The van der Waals surface area contributed by atoms with Crippen LogP contribution in [0.4, 0.5) is 11.4 Å². The molecule has 0 spiro atoms. The highest BCUT2D eigenvalue weighted by Crippen LogP contribution is 2.21. The van der Waals surface area contributed by atoms with E-state index in [1.165, 1.54) is 12.1 Å². The maximum absolute atomic E-state index is 12.2. The zero-order chi connectivity index (χ0) is 16.2. The van der Waals surface area contributed by atoms with E-state index in [4.69, 9.17) is 10.5 Å². The molecule has 2 aromatic carbocycles. The van der Waals surface area contributed by atoms with Gasteiger partial charge in [0.05, 0.1) is 11.0 Å². The van der Waals surface area contributed by atoms with E-state index in [0.29, 0.717) is 17.1 Å². The van der Waals surface area contributed by atoms with Crippen LogP contribution in [0.5, 0.6) is 5.75 Å². The van der Waals surface area contributed by atoms with E-state index in [2.05, 4.69) is 4.72 Å². The zero-order valence-corrected chi connectivity index (χ0v) is 13.4. The first kappa shape index (κ1) is 16.2. The summed E-state index contributed by atoms with van der Waals surface area (Å²) in [5.74, 6) is 0.713. The van der Waals surface area contributed by atoms with Crippen LogP contribution < -0.4 is 15.2 Å². The van der Waals surface area contributed by atoms with Crippen LogP contribution in [0.2, 0.25) is 0 Å². The Morgan fingerprint density at radius 3 is 2.23 bits per heavy atom. The number of nitrogens with two attached hydrogens (primary N) is 1. The molecule has 2 aromatic rings. The summed E-state index contributed by atoms with van der Waals surface area (Å²) in [4.78, 5) is 0.168. The fourth-order valence-electron chi connectivity index (χ4n) is 1.78. The van der Waals surface area contributed by atoms with Gasteiger partial charge in [0, 0.05) is 11.4 Å². The molecule has 6 heteroatoms. The van der Waals surface area contributed by atoms with Gasteiger partial charge in [-0.2, -0.15) is 0 Å². The fourth-order valence-corrected chi connectivity index (χ4v) is 2.84. The summed E-state index contributed by atoms with van der Waals surface area (Å²) in [6, 6.07) is 12.9. The Labute approximate surface area is 131 Å². The highest BCUT2D eigenvalue weighted by Gasteiger charge is 2.13. The Morgan fingerprint density at radius 2 is 1.68 bits per heavy atom. The SMILES string of the molecule is CC[C@H](C)Oc1ccc(NS(=O)(=O)c2ccc(N)cc2)cc1. The van der Waals surface area contributed by atoms with Gasteiger partial charge in [-0.1, -0.05) is 6.92 Å². The Hall–Kier alpha value is -2.21. The van der Waals surface area contributed by atoms with Gasteiger partial charge < -0.3 is 10.5 Å². The van der Waals surface area contributed by atoms with Crippen LogP contribution in [-0.4, -0.2) is 14.5 Å². The lowest BCUT2D eigenvalue weighted by Gasteiger charge is -2.13. The highest BCUT2D eigenvalue weighted by atomic mass is 32.2. The van der Waals surface area contributed by atoms with Crippen LogP contribution in [0.1, 0.15) is 20.3 Å². The van der Waals surface area contributed by atoms with Gasteiger partial charge in [-0.25, -0.2) is 8.42 Å². The monoisotopic (exact) mass is 320 g/mol.